The van der Waals surface area contributed by atoms with Crippen molar-refractivity contribution in [1.29, 1.82) is 0 Å². The molecule has 1 nitrogen and oxygen atoms in total. The van der Waals surface area contributed by atoms with Crippen LogP contribution in [0.3, 0.4) is 0 Å². The van der Waals surface area contributed by atoms with E-state index >= 15 is 0 Å². The smallest absolute Gasteiger partial charge is 0.0542 e. The number of halogens is 2. The Bertz CT molecular complexity index is 603. The first kappa shape index (κ1) is 13.8. The zero-order valence-corrected chi connectivity index (χ0v) is 12.9. The van der Waals surface area contributed by atoms with Gasteiger partial charge in [0.05, 0.1) is 6.04 Å². The van der Waals surface area contributed by atoms with Crippen LogP contribution in [0.4, 0.5) is 5.69 Å². The van der Waals surface area contributed by atoms with E-state index < -0.39 is 0 Å². The van der Waals surface area contributed by atoms with Crippen LogP contribution >= 0.6 is 23.2 Å². The van der Waals surface area contributed by atoms with Gasteiger partial charge in [0.2, 0.25) is 0 Å². The molecule has 0 bridgehead atoms. The minimum absolute atomic E-state index is 0.337. The van der Waals surface area contributed by atoms with Crippen LogP contribution in [-0.4, -0.2) is 0 Å². The summed E-state index contributed by atoms with van der Waals surface area (Å²) in [5.41, 5.74) is 3.51. The Morgan fingerprint density at radius 1 is 1.05 bits per heavy atom. The lowest BCUT2D eigenvalue weighted by atomic mass is 10.0. The molecule has 0 radical (unpaired) electrons. The van der Waals surface area contributed by atoms with Gasteiger partial charge in [0, 0.05) is 15.7 Å². The molecule has 2 aromatic rings. The van der Waals surface area contributed by atoms with Crippen LogP contribution in [-0.2, 0) is 0 Å². The number of nitrogens with one attached hydrogen (secondary N) is 1. The second-order valence-corrected chi connectivity index (χ2v) is 6.27. The van der Waals surface area contributed by atoms with E-state index in [1.807, 2.05) is 24.3 Å². The Balaban J connectivity index is 1.88. The van der Waals surface area contributed by atoms with Crippen molar-refractivity contribution < 1.29 is 0 Å². The van der Waals surface area contributed by atoms with Crippen LogP contribution in [0, 0.1) is 12.8 Å². The molecule has 1 aliphatic carbocycles. The fraction of sp³-hybridized carbons (Fsp3) is 0.294. The Morgan fingerprint density at radius 3 is 2.40 bits per heavy atom. The Hall–Kier alpha value is -1.18. The van der Waals surface area contributed by atoms with E-state index in [0.29, 0.717) is 12.0 Å². The molecule has 0 spiro atoms. The fourth-order valence-corrected chi connectivity index (χ4v) is 2.80. The summed E-state index contributed by atoms with van der Waals surface area (Å²) in [6, 6.07) is 14.5. The lowest BCUT2D eigenvalue weighted by Crippen LogP contribution is -2.13. The Kier molecular flexibility index (Phi) is 3.91. The minimum Gasteiger partial charge on any atom is -0.378 e. The van der Waals surface area contributed by atoms with E-state index in [0.717, 1.165) is 21.3 Å². The number of anilines is 1. The summed E-state index contributed by atoms with van der Waals surface area (Å²) in [4.78, 5) is 0. The third-order valence-corrected chi connectivity index (χ3v) is 4.56. The number of hydrogen-bond donors (Lipinski definition) is 1. The lowest BCUT2D eigenvalue weighted by Gasteiger charge is -2.22. The molecule has 0 heterocycles. The van der Waals surface area contributed by atoms with E-state index in [-0.39, 0.29) is 0 Å². The largest absolute Gasteiger partial charge is 0.378 e. The first-order chi connectivity index (χ1) is 9.65. The normalized spacial score (nSPS) is 15.9. The number of benzene rings is 2. The molecule has 1 unspecified atom stereocenters. The molecule has 3 rings (SSSR count). The Morgan fingerprint density at radius 2 is 1.75 bits per heavy atom. The van der Waals surface area contributed by atoms with Crippen LogP contribution in [0.15, 0.2) is 42.5 Å². The lowest BCUT2D eigenvalue weighted by molar-refractivity contribution is 0.678. The first-order valence-electron chi connectivity index (χ1n) is 6.92. The van der Waals surface area contributed by atoms with Crippen molar-refractivity contribution in [2.75, 3.05) is 5.32 Å². The minimum atomic E-state index is 0.337. The monoisotopic (exact) mass is 305 g/mol. The van der Waals surface area contributed by atoms with Gasteiger partial charge in [0.15, 0.2) is 0 Å². The summed E-state index contributed by atoms with van der Waals surface area (Å²) in [6.07, 6.45) is 2.56. The van der Waals surface area contributed by atoms with Crippen molar-refractivity contribution in [3.05, 3.63) is 63.6 Å². The molecule has 1 aliphatic rings. The molecule has 1 atom stereocenters. The molecule has 0 aromatic heterocycles. The predicted molar refractivity (Wildman–Crippen MR) is 86.7 cm³/mol. The third-order valence-electron chi connectivity index (χ3n) is 3.90. The van der Waals surface area contributed by atoms with Gasteiger partial charge in [-0.2, -0.15) is 0 Å². The molecule has 1 fully saturated rings. The molecule has 0 saturated heterocycles. The van der Waals surface area contributed by atoms with Gasteiger partial charge in [-0.3, -0.25) is 0 Å². The van der Waals surface area contributed by atoms with Crippen LogP contribution in [0.25, 0.3) is 0 Å². The summed E-state index contributed by atoms with van der Waals surface area (Å²) in [6.45, 7) is 2.05. The second-order valence-electron chi connectivity index (χ2n) is 5.42. The van der Waals surface area contributed by atoms with Gasteiger partial charge in [-0.1, -0.05) is 41.4 Å². The van der Waals surface area contributed by atoms with Gasteiger partial charge >= 0.3 is 0 Å². The maximum Gasteiger partial charge on any atom is 0.0542 e. The van der Waals surface area contributed by atoms with E-state index in [9.17, 15) is 0 Å². The Labute approximate surface area is 129 Å². The average molecular weight is 306 g/mol. The summed E-state index contributed by atoms with van der Waals surface area (Å²) >= 11 is 12.2. The fourth-order valence-electron chi connectivity index (χ4n) is 2.50. The molecule has 20 heavy (non-hydrogen) atoms. The van der Waals surface area contributed by atoms with Crippen molar-refractivity contribution in [2.45, 2.75) is 25.8 Å². The highest BCUT2D eigenvalue weighted by atomic mass is 35.5. The summed E-state index contributed by atoms with van der Waals surface area (Å²) in [5.74, 6) is 0.703. The highest BCUT2D eigenvalue weighted by Crippen LogP contribution is 2.43. The quantitative estimate of drug-likeness (QED) is 0.745. The van der Waals surface area contributed by atoms with Crippen molar-refractivity contribution in [2.24, 2.45) is 5.92 Å². The highest BCUT2D eigenvalue weighted by Gasteiger charge is 2.32. The summed E-state index contributed by atoms with van der Waals surface area (Å²) in [5, 5.41) is 5.24. The predicted octanol–water partition coefficient (Wildman–Crippen LogP) is 5.87. The molecule has 2 aromatic carbocycles. The SMILES string of the molecule is Cc1c(Cl)cccc1NC(c1ccc(Cl)cc1)C1CC1. The molecule has 104 valence electrons. The van der Waals surface area contributed by atoms with Gasteiger partial charge in [-0.25, -0.2) is 0 Å². The summed E-state index contributed by atoms with van der Waals surface area (Å²) in [7, 11) is 0. The van der Waals surface area contributed by atoms with Crippen LogP contribution in [0.5, 0.6) is 0 Å². The molecule has 1 N–H and O–H groups in total. The highest BCUT2D eigenvalue weighted by molar-refractivity contribution is 6.31. The maximum absolute atomic E-state index is 6.20. The van der Waals surface area contributed by atoms with Crippen molar-refractivity contribution in [3.63, 3.8) is 0 Å². The molecule has 1 saturated carbocycles. The van der Waals surface area contributed by atoms with Crippen LogP contribution in [0.1, 0.15) is 30.0 Å². The molecule has 3 heteroatoms. The van der Waals surface area contributed by atoms with E-state index in [4.69, 9.17) is 23.2 Å². The van der Waals surface area contributed by atoms with Gasteiger partial charge in [0.1, 0.15) is 0 Å². The van der Waals surface area contributed by atoms with Gasteiger partial charge in [-0.05, 0) is 61.1 Å². The average Bonchev–Trinajstić information content (AvgIpc) is 3.26. The first-order valence-corrected chi connectivity index (χ1v) is 7.68. The standard InChI is InChI=1S/C17H17Cl2N/c1-11-15(19)3-2-4-16(11)20-17(12-5-6-12)13-7-9-14(18)10-8-13/h2-4,7-10,12,17,20H,5-6H2,1H3. The topological polar surface area (TPSA) is 12.0 Å². The van der Waals surface area contributed by atoms with Crippen LogP contribution in [0.2, 0.25) is 10.0 Å². The maximum atomic E-state index is 6.20. The van der Waals surface area contributed by atoms with Gasteiger partial charge in [-0.15, -0.1) is 0 Å². The van der Waals surface area contributed by atoms with Gasteiger partial charge < -0.3 is 5.32 Å². The molecular weight excluding hydrogens is 289 g/mol. The molecular formula is C17H17Cl2N. The number of hydrogen-bond acceptors (Lipinski definition) is 1. The van der Waals surface area contributed by atoms with E-state index in [1.165, 1.54) is 18.4 Å². The van der Waals surface area contributed by atoms with Crippen molar-refractivity contribution >= 4 is 28.9 Å². The zero-order valence-electron chi connectivity index (χ0n) is 11.4. The van der Waals surface area contributed by atoms with Crippen LogP contribution < -0.4 is 5.32 Å². The van der Waals surface area contributed by atoms with Crippen molar-refractivity contribution in [1.82, 2.24) is 0 Å². The van der Waals surface area contributed by atoms with E-state index in [1.54, 1.807) is 0 Å². The third kappa shape index (κ3) is 2.94. The number of rotatable bonds is 4. The van der Waals surface area contributed by atoms with Crippen molar-refractivity contribution in [3.8, 4) is 0 Å². The molecule has 0 aliphatic heterocycles. The molecule has 0 amide bonds. The summed E-state index contributed by atoms with van der Waals surface area (Å²) < 4.78 is 0. The zero-order chi connectivity index (χ0) is 14.1. The second kappa shape index (κ2) is 5.67. The van der Waals surface area contributed by atoms with E-state index in [2.05, 4.69) is 30.4 Å². The van der Waals surface area contributed by atoms with Gasteiger partial charge in [0.25, 0.3) is 0 Å².